The maximum atomic E-state index is 10.4. The van der Waals surface area contributed by atoms with Crippen LogP contribution in [0.3, 0.4) is 0 Å². The lowest BCUT2D eigenvalue weighted by molar-refractivity contribution is 0.584. The number of rotatable bonds is 2. The quantitative estimate of drug-likeness (QED) is 0.538. The third kappa shape index (κ3) is 5.34. The molecule has 0 aliphatic carbocycles. The van der Waals surface area contributed by atoms with E-state index in [1.54, 1.807) is 6.92 Å². The molecule has 0 heterocycles. The van der Waals surface area contributed by atoms with Gasteiger partial charge in [-0.2, -0.15) is 0 Å². The number of nitrogens with one attached hydrogen (secondary N) is 1. The molecule has 0 radical (unpaired) electrons. The van der Waals surface area contributed by atoms with Crippen molar-refractivity contribution in [2.45, 2.75) is 13.0 Å². The van der Waals surface area contributed by atoms with Gasteiger partial charge in [-0.1, -0.05) is 5.92 Å². The van der Waals surface area contributed by atoms with Crippen LogP contribution < -0.4 is 4.72 Å². The average Bonchev–Trinajstić information content (AvgIpc) is 1.62. The molecular formula is C5H9NO2S. The molecule has 0 aromatic carbocycles. The highest BCUT2D eigenvalue weighted by atomic mass is 32.2. The first kappa shape index (κ1) is 8.47. The molecule has 1 atom stereocenters. The minimum absolute atomic E-state index is 0.417. The van der Waals surface area contributed by atoms with E-state index in [1.807, 2.05) is 0 Å². The van der Waals surface area contributed by atoms with Gasteiger partial charge in [0.1, 0.15) is 0 Å². The fraction of sp³-hybridized carbons (Fsp3) is 0.600. The van der Waals surface area contributed by atoms with Crippen LogP contribution in [-0.2, 0) is 10.0 Å². The summed E-state index contributed by atoms with van der Waals surface area (Å²) in [4.78, 5) is 0. The highest BCUT2D eigenvalue weighted by molar-refractivity contribution is 7.88. The van der Waals surface area contributed by atoms with Gasteiger partial charge < -0.3 is 0 Å². The molecule has 0 bridgehead atoms. The first-order chi connectivity index (χ1) is 3.95. The van der Waals surface area contributed by atoms with Gasteiger partial charge in [0, 0.05) is 0 Å². The van der Waals surface area contributed by atoms with E-state index in [9.17, 15) is 8.42 Å². The zero-order valence-corrected chi connectivity index (χ0v) is 6.20. The van der Waals surface area contributed by atoms with Crippen LogP contribution in [0.1, 0.15) is 6.92 Å². The molecule has 1 N–H and O–H groups in total. The number of terminal acetylenes is 1. The van der Waals surface area contributed by atoms with E-state index >= 15 is 0 Å². The molecule has 4 heteroatoms. The molecule has 1 unspecified atom stereocenters. The van der Waals surface area contributed by atoms with Gasteiger partial charge >= 0.3 is 0 Å². The zero-order valence-electron chi connectivity index (χ0n) is 5.38. The van der Waals surface area contributed by atoms with Gasteiger partial charge in [0.25, 0.3) is 0 Å². The molecule has 0 fully saturated rings. The van der Waals surface area contributed by atoms with E-state index in [-0.39, 0.29) is 0 Å². The van der Waals surface area contributed by atoms with Gasteiger partial charge in [0.05, 0.1) is 12.3 Å². The second-order valence-corrected chi connectivity index (χ2v) is 3.56. The lowest BCUT2D eigenvalue weighted by Gasteiger charge is -2.02. The minimum atomic E-state index is -3.13. The second kappa shape index (κ2) is 2.85. The van der Waals surface area contributed by atoms with Gasteiger partial charge in [-0.25, -0.2) is 13.1 Å². The first-order valence-corrected chi connectivity index (χ1v) is 4.28. The van der Waals surface area contributed by atoms with Crippen LogP contribution in [0.2, 0.25) is 0 Å². The number of hydrogen-bond donors (Lipinski definition) is 1. The monoisotopic (exact) mass is 147 g/mol. The Morgan fingerprint density at radius 2 is 2.11 bits per heavy atom. The molecule has 0 aromatic heterocycles. The summed E-state index contributed by atoms with van der Waals surface area (Å²) in [6.07, 6.45) is 5.97. The summed E-state index contributed by atoms with van der Waals surface area (Å²) in [5.74, 6) is 2.23. The van der Waals surface area contributed by atoms with Crippen LogP contribution in [-0.4, -0.2) is 20.7 Å². The Morgan fingerprint density at radius 3 is 2.22 bits per heavy atom. The van der Waals surface area contributed by atoms with E-state index in [0.717, 1.165) is 6.26 Å². The molecule has 0 aliphatic rings. The molecule has 0 saturated heterocycles. The number of hydrogen-bond acceptors (Lipinski definition) is 2. The van der Waals surface area contributed by atoms with Crippen molar-refractivity contribution >= 4 is 10.0 Å². The van der Waals surface area contributed by atoms with Crippen molar-refractivity contribution < 1.29 is 8.42 Å². The molecule has 3 nitrogen and oxygen atoms in total. The van der Waals surface area contributed by atoms with Crippen molar-refractivity contribution in [3.05, 3.63) is 0 Å². The summed E-state index contributed by atoms with van der Waals surface area (Å²) in [5.41, 5.74) is 0. The highest BCUT2D eigenvalue weighted by Gasteiger charge is 2.03. The van der Waals surface area contributed by atoms with Gasteiger partial charge in [-0.05, 0) is 6.92 Å². The Balaban J connectivity index is 3.94. The van der Waals surface area contributed by atoms with Crippen LogP contribution in [0.4, 0.5) is 0 Å². The van der Waals surface area contributed by atoms with E-state index < -0.39 is 16.1 Å². The van der Waals surface area contributed by atoms with Crippen molar-refractivity contribution in [1.29, 1.82) is 0 Å². The van der Waals surface area contributed by atoms with Crippen molar-refractivity contribution in [1.82, 2.24) is 4.72 Å². The van der Waals surface area contributed by atoms with Gasteiger partial charge in [0.2, 0.25) is 10.0 Å². The van der Waals surface area contributed by atoms with Crippen LogP contribution in [0.15, 0.2) is 0 Å². The second-order valence-electron chi connectivity index (χ2n) is 1.78. The molecule has 0 amide bonds. The van der Waals surface area contributed by atoms with Crippen molar-refractivity contribution in [3.8, 4) is 12.3 Å². The summed E-state index contributed by atoms with van der Waals surface area (Å²) < 4.78 is 23.0. The van der Waals surface area contributed by atoms with Crippen LogP contribution in [0.5, 0.6) is 0 Å². The first-order valence-electron chi connectivity index (χ1n) is 2.39. The van der Waals surface area contributed by atoms with Gasteiger partial charge in [-0.3, -0.25) is 0 Å². The topological polar surface area (TPSA) is 46.2 Å². The Kier molecular flexibility index (Phi) is 2.68. The maximum Gasteiger partial charge on any atom is 0.209 e. The Labute approximate surface area is 55.5 Å². The Morgan fingerprint density at radius 1 is 1.67 bits per heavy atom. The fourth-order valence-corrected chi connectivity index (χ4v) is 1.07. The van der Waals surface area contributed by atoms with E-state index in [4.69, 9.17) is 6.42 Å². The smallest absolute Gasteiger partial charge is 0.209 e. The SMILES string of the molecule is C#CC(C)NS(C)(=O)=O. The van der Waals surface area contributed by atoms with Gasteiger partial charge in [0.15, 0.2) is 0 Å². The molecular weight excluding hydrogens is 138 g/mol. The average molecular weight is 147 g/mol. The molecule has 0 rings (SSSR count). The summed E-state index contributed by atoms with van der Waals surface area (Å²) in [6, 6.07) is -0.417. The molecule has 0 saturated carbocycles. The van der Waals surface area contributed by atoms with Crippen molar-refractivity contribution in [2.24, 2.45) is 0 Å². The largest absolute Gasteiger partial charge is 0.213 e. The van der Waals surface area contributed by atoms with E-state index in [1.165, 1.54) is 0 Å². The molecule has 0 aromatic rings. The third-order valence-corrected chi connectivity index (χ3v) is 1.42. The Hall–Kier alpha value is -0.530. The Bertz CT molecular complexity index is 212. The summed E-state index contributed by atoms with van der Waals surface area (Å²) in [7, 11) is -3.13. The van der Waals surface area contributed by atoms with Crippen LogP contribution in [0, 0.1) is 12.3 Å². The molecule has 9 heavy (non-hydrogen) atoms. The predicted molar refractivity (Wildman–Crippen MR) is 36.3 cm³/mol. The highest BCUT2D eigenvalue weighted by Crippen LogP contribution is 1.80. The lowest BCUT2D eigenvalue weighted by Crippen LogP contribution is -2.30. The normalized spacial score (nSPS) is 14.3. The number of sulfonamides is 1. The molecule has 0 spiro atoms. The minimum Gasteiger partial charge on any atom is -0.213 e. The van der Waals surface area contributed by atoms with Crippen LogP contribution in [0.25, 0.3) is 0 Å². The predicted octanol–water partition coefficient (Wildman–Crippen LogP) is -0.443. The molecule has 0 aliphatic heterocycles. The lowest BCUT2D eigenvalue weighted by atomic mass is 10.4. The van der Waals surface area contributed by atoms with Crippen LogP contribution >= 0.6 is 0 Å². The zero-order chi connectivity index (χ0) is 7.49. The summed E-state index contributed by atoms with van der Waals surface area (Å²) in [6.45, 7) is 1.60. The van der Waals surface area contributed by atoms with Gasteiger partial charge in [-0.15, -0.1) is 6.42 Å². The maximum absolute atomic E-state index is 10.4. The fourth-order valence-electron chi connectivity index (χ4n) is 0.355. The molecule has 52 valence electrons. The third-order valence-electron chi connectivity index (χ3n) is 0.641. The van der Waals surface area contributed by atoms with Crippen molar-refractivity contribution in [2.75, 3.05) is 6.26 Å². The van der Waals surface area contributed by atoms with E-state index in [0.29, 0.717) is 0 Å². The van der Waals surface area contributed by atoms with E-state index in [2.05, 4.69) is 10.6 Å². The summed E-state index contributed by atoms with van der Waals surface area (Å²) in [5, 5.41) is 0. The summed E-state index contributed by atoms with van der Waals surface area (Å²) >= 11 is 0. The standard InChI is InChI=1S/C5H9NO2S/c1-4-5(2)6-9(3,7)8/h1,5-6H,2-3H3. The van der Waals surface area contributed by atoms with Crippen molar-refractivity contribution in [3.63, 3.8) is 0 Å².